The summed E-state index contributed by atoms with van der Waals surface area (Å²) in [5, 5.41) is 3.74. The zero-order chi connectivity index (χ0) is 9.73. The van der Waals surface area contributed by atoms with Crippen LogP contribution >= 0.6 is 0 Å². The molecule has 78 valence electrons. The fraction of sp³-hybridized carbons (Fsp3) is 1.00. The van der Waals surface area contributed by atoms with Crippen LogP contribution in [0, 0.1) is 5.92 Å². The van der Waals surface area contributed by atoms with Gasteiger partial charge in [0, 0.05) is 5.54 Å². The minimum Gasteiger partial charge on any atom is -0.311 e. The Morgan fingerprint density at radius 3 is 2.46 bits per heavy atom. The summed E-state index contributed by atoms with van der Waals surface area (Å²) in [4.78, 5) is 0. The lowest BCUT2D eigenvalue weighted by molar-refractivity contribution is 0.329. The number of hydrogen-bond acceptors (Lipinski definition) is 1. The van der Waals surface area contributed by atoms with E-state index in [2.05, 4.69) is 26.1 Å². The minimum atomic E-state index is 0.474. The van der Waals surface area contributed by atoms with Crippen molar-refractivity contribution in [3.05, 3.63) is 0 Å². The van der Waals surface area contributed by atoms with E-state index >= 15 is 0 Å². The molecule has 1 aliphatic rings. The molecular weight excluding hydrogens is 158 g/mol. The van der Waals surface area contributed by atoms with Gasteiger partial charge in [-0.3, -0.25) is 0 Å². The van der Waals surface area contributed by atoms with Gasteiger partial charge < -0.3 is 5.32 Å². The summed E-state index contributed by atoms with van der Waals surface area (Å²) in [6.45, 7) is 8.23. The Morgan fingerprint density at radius 1 is 1.31 bits per heavy atom. The summed E-state index contributed by atoms with van der Waals surface area (Å²) in [6, 6.07) is 0. The molecule has 1 rings (SSSR count). The van der Waals surface area contributed by atoms with Crippen molar-refractivity contribution < 1.29 is 0 Å². The molecule has 0 bridgehead atoms. The summed E-state index contributed by atoms with van der Waals surface area (Å²) in [5.41, 5.74) is 0.474. The molecule has 0 radical (unpaired) electrons. The Kier molecular flexibility index (Phi) is 4.24. The Morgan fingerprint density at radius 2 is 1.92 bits per heavy atom. The molecule has 0 aromatic heterocycles. The van der Waals surface area contributed by atoms with Gasteiger partial charge in [0.2, 0.25) is 0 Å². The number of rotatable bonds is 5. The summed E-state index contributed by atoms with van der Waals surface area (Å²) in [7, 11) is 0. The van der Waals surface area contributed by atoms with Gasteiger partial charge in [-0.1, -0.05) is 33.1 Å². The van der Waals surface area contributed by atoms with E-state index in [1.165, 1.54) is 45.1 Å². The van der Waals surface area contributed by atoms with Crippen LogP contribution < -0.4 is 5.32 Å². The van der Waals surface area contributed by atoms with E-state index in [1.807, 2.05) is 0 Å². The van der Waals surface area contributed by atoms with Gasteiger partial charge >= 0.3 is 0 Å². The van der Waals surface area contributed by atoms with Crippen molar-refractivity contribution in [3.63, 3.8) is 0 Å². The molecule has 0 amide bonds. The topological polar surface area (TPSA) is 12.0 Å². The maximum atomic E-state index is 3.74. The molecule has 1 heteroatoms. The van der Waals surface area contributed by atoms with Crippen molar-refractivity contribution >= 4 is 0 Å². The Bertz CT molecular complexity index is 136. The van der Waals surface area contributed by atoms with Gasteiger partial charge in [0.1, 0.15) is 0 Å². The van der Waals surface area contributed by atoms with Gasteiger partial charge in [-0.25, -0.2) is 0 Å². The van der Waals surface area contributed by atoms with Crippen LogP contribution in [0.2, 0.25) is 0 Å². The van der Waals surface area contributed by atoms with E-state index < -0.39 is 0 Å². The molecule has 1 atom stereocenters. The predicted molar refractivity (Wildman–Crippen MR) is 58.9 cm³/mol. The van der Waals surface area contributed by atoms with Crippen molar-refractivity contribution in [2.24, 2.45) is 5.92 Å². The quantitative estimate of drug-likeness (QED) is 0.689. The summed E-state index contributed by atoms with van der Waals surface area (Å²) >= 11 is 0. The molecule has 1 unspecified atom stereocenters. The first-order chi connectivity index (χ1) is 6.16. The van der Waals surface area contributed by atoms with Crippen LogP contribution in [0.1, 0.15) is 59.3 Å². The highest BCUT2D eigenvalue weighted by atomic mass is 15.0. The van der Waals surface area contributed by atoms with Crippen LogP contribution in [0.25, 0.3) is 0 Å². The molecule has 1 N–H and O–H groups in total. The van der Waals surface area contributed by atoms with Crippen molar-refractivity contribution in [1.29, 1.82) is 0 Å². The molecule has 0 spiro atoms. The molecule has 0 heterocycles. The van der Waals surface area contributed by atoms with Crippen LogP contribution in [0.15, 0.2) is 0 Å². The molecule has 1 nitrogen and oxygen atoms in total. The first-order valence-electron chi connectivity index (χ1n) is 5.91. The Labute approximate surface area is 83.3 Å². The van der Waals surface area contributed by atoms with Gasteiger partial charge in [-0.15, -0.1) is 0 Å². The zero-order valence-corrected chi connectivity index (χ0v) is 9.53. The molecule has 1 fully saturated rings. The fourth-order valence-electron chi connectivity index (χ4n) is 2.35. The molecular formula is C12H25N. The van der Waals surface area contributed by atoms with Crippen LogP contribution in [0.5, 0.6) is 0 Å². The summed E-state index contributed by atoms with van der Waals surface area (Å²) in [6.07, 6.45) is 8.29. The monoisotopic (exact) mass is 183 g/mol. The second kappa shape index (κ2) is 4.99. The van der Waals surface area contributed by atoms with Crippen molar-refractivity contribution in [2.75, 3.05) is 6.54 Å². The van der Waals surface area contributed by atoms with Crippen molar-refractivity contribution in [1.82, 2.24) is 5.32 Å². The molecule has 0 aliphatic heterocycles. The molecule has 13 heavy (non-hydrogen) atoms. The number of nitrogens with one attached hydrogen (secondary N) is 1. The van der Waals surface area contributed by atoms with Crippen LogP contribution in [0.3, 0.4) is 0 Å². The van der Waals surface area contributed by atoms with E-state index in [0.717, 1.165) is 5.92 Å². The third-order valence-electron chi connectivity index (χ3n) is 3.37. The lowest BCUT2D eigenvalue weighted by atomic mass is 9.98. The van der Waals surface area contributed by atoms with Crippen LogP contribution in [0.4, 0.5) is 0 Å². The van der Waals surface area contributed by atoms with Gasteiger partial charge in [-0.2, -0.15) is 0 Å². The first kappa shape index (κ1) is 11.0. The Hall–Kier alpha value is -0.0400. The van der Waals surface area contributed by atoms with Crippen LogP contribution in [-0.2, 0) is 0 Å². The van der Waals surface area contributed by atoms with E-state index in [4.69, 9.17) is 0 Å². The maximum Gasteiger partial charge on any atom is 0.0153 e. The third-order valence-corrected chi connectivity index (χ3v) is 3.37. The Balaban J connectivity index is 2.17. The van der Waals surface area contributed by atoms with Crippen molar-refractivity contribution in [3.8, 4) is 0 Å². The van der Waals surface area contributed by atoms with Gasteiger partial charge in [-0.05, 0) is 38.6 Å². The highest BCUT2D eigenvalue weighted by Crippen LogP contribution is 2.28. The lowest BCUT2D eigenvalue weighted by Gasteiger charge is -2.27. The fourth-order valence-corrected chi connectivity index (χ4v) is 2.35. The van der Waals surface area contributed by atoms with Gasteiger partial charge in [0.25, 0.3) is 0 Å². The smallest absolute Gasteiger partial charge is 0.0153 e. The van der Waals surface area contributed by atoms with Crippen molar-refractivity contribution in [2.45, 2.75) is 64.8 Å². The number of hydrogen-bond donors (Lipinski definition) is 1. The predicted octanol–water partition coefficient (Wildman–Crippen LogP) is 3.34. The van der Waals surface area contributed by atoms with E-state index in [-0.39, 0.29) is 0 Å². The molecule has 1 saturated carbocycles. The largest absolute Gasteiger partial charge is 0.311 e. The lowest BCUT2D eigenvalue weighted by Crippen LogP contribution is -2.41. The average molecular weight is 183 g/mol. The highest BCUT2D eigenvalue weighted by Gasteiger charge is 2.27. The van der Waals surface area contributed by atoms with E-state index in [1.54, 1.807) is 0 Å². The average Bonchev–Trinajstić information content (AvgIpc) is 2.51. The van der Waals surface area contributed by atoms with Gasteiger partial charge in [0.15, 0.2) is 0 Å². The standard InChI is InChI=1S/C12H25N/c1-4-7-11(2)10-13-12(3)8-5-6-9-12/h11,13H,4-10H2,1-3H3. The minimum absolute atomic E-state index is 0.474. The molecule has 0 saturated heterocycles. The van der Waals surface area contributed by atoms with Gasteiger partial charge in [0.05, 0.1) is 0 Å². The third kappa shape index (κ3) is 3.68. The first-order valence-corrected chi connectivity index (χ1v) is 5.91. The molecule has 0 aromatic carbocycles. The van der Waals surface area contributed by atoms with Crippen LogP contribution in [-0.4, -0.2) is 12.1 Å². The second-order valence-electron chi connectivity index (χ2n) is 5.04. The molecule has 0 aromatic rings. The second-order valence-corrected chi connectivity index (χ2v) is 5.04. The summed E-state index contributed by atoms with van der Waals surface area (Å²) < 4.78 is 0. The van der Waals surface area contributed by atoms with E-state index in [9.17, 15) is 0 Å². The highest BCUT2D eigenvalue weighted by molar-refractivity contribution is 4.88. The summed E-state index contributed by atoms with van der Waals surface area (Å²) in [5.74, 6) is 0.849. The maximum absolute atomic E-state index is 3.74. The SMILES string of the molecule is CCCC(C)CNC1(C)CCCC1. The molecule has 1 aliphatic carbocycles. The van der Waals surface area contributed by atoms with E-state index in [0.29, 0.717) is 5.54 Å². The normalized spacial score (nSPS) is 23.3. The zero-order valence-electron chi connectivity index (χ0n) is 9.53.